The number of rotatable bonds is 1. The highest BCUT2D eigenvalue weighted by Gasteiger charge is 2.36. The lowest BCUT2D eigenvalue weighted by molar-refractivity contribution is 0.508. The highest BCUT2D eigenvalue weighted by atomic mass is 15.1. The molecule has 5 rings (SSSR count). The van der Waals surface area contributed by atoms with Crippen LogP contribution >= 0.6 is 0 Å². The molecule has 1 saturated heterocycles. The lowest BCUT2D eigenvalue weighted by Gasteiger charge is -2.24. The standard InChI is InChI=1S/C19H18N2/c1-2-6-14(7-3-1)21-17-9-5-4-8-15(17)19-16-11-10-13(20-16)12-18(19)21/h1-9,13,16,20H,10-12H2/t13-,16+/m1/s1. The third-order valence-electron chi connectivity index (χ3n) is 5.06. The largest absolute Gasteiger partial charge is 0.313 e. The first-order valence-corrected chi connectivity index (χ1v) is 7.85. The van der Waals surface area contributed by atoms with E-state index in [2.05, 4.69) is 64.5 Å². The summed E-state index contributed by atoms with van der Waals surface area (Å²) in [4.78, 5) is 0. The van der Waals surface area contributed by atoms with E-state index in [9.17, 15) is 0 Å². The van der Waals surface area contributed by atoms with E-state index < -0.39 is 0 Å². The summed E-state index contributed by atoms with van der Waals surface area (Å²) in [6.07, 6.45) is 3.73. The molecule has 0 unspecified atom stereocenters. The number of para-hydroxylation sites is 2. The van der Waals surface area contributed by atoms with Crippen molar-refractivity contribution < 1.29 is 0 Å². The van der Waals surface area contributed by atoms with Crippen molar-refractivity contribution in [1.82, 2.24) is 9.88 Å². The van der Waals surface area contributed by atoms with Gasteiger partial charge in [-0.2, -0.15) is 0 Å². The lowest BCUT2D eigenvalue weighted by atomic mass is 9.99. The van der Waals surface area contributed by atoms with Gasteiger partial charge >= 0.3 is 0 Å². The zero-order valence-electron chi connectivity index (χ0n) is 11.9. The highest BCUT2D eigenvalue weighted by Crippen LogP contribution is 2.42. The van der Waals surface area contributed by atoms with Crippen LogP contribution in [0.2, 0.25) is 0 Å². The Morgan fingerprint density at radius 1 is 0.905 bits per heavy atom. The van der Waals surface area contributed by atoms with Crippen LogP contribution in [0.15, 0.2) is 54.6 Å². The van der Waals surface area contributed by atoms with Gasteiger partial charge in [0.15, 0.2) is 0 Å². The zero-order chi connectivity index (χ0) is 13.8. The van der Waals surface area contributed by atoms with E-state index in [1.165, 1.54) is 35.1 Å². The van der Waals surface area contributed by atoms with E-state index in [-0.39, 0.29) is 0 Å². The number of benzene rings is 2. The minimum Gasteiger partial charge on any atom is -0.313 e. The lowest BCUT2D eigenvalue weighted by Crippen LogP contribution is -2.32. The van der Waals surface area contributed by atoms with Crippen molar-refractivity contribution in [1.29, 1.82) is 0 Å². The van der Waals surface area contributed by atoms with Gasteiger partial charge in [0.25, 0.3) is 0 Å². The van der Waals surface area contributed by atoms with Crippen LogP contribution in [0.4, 0.5) is 0 Å². The molecular weight excluding hydrogens is 256 g/mol. The minimum absolute atomic E-state index is 0.550. The first kappa shape index (κ1) is 11.6. The molecule has 2 aliphatic heterocycles. The fraction of sp³-hybridized carbons (Fsp3) is 0.263. The summed E-state index contributed by atoms with van der Waals surface area (Å²) in [6.45, 7) is 0. The highest BCUT2D eigenvalue weighted by molar-refractivity contribution is 5.88. The molecular formula is C19H18N2. The van der Waals surface area contributed by atoms with E-state index in [1.807, 2.05) is 0 Å². The Labute approximate surface area is 124 Å². The molecule has 1 aromatic heterocycles. The van der Waals surface area contributed by atoms with Gasteiger partial charge in [-0.1, -0.05) is 36.4 Å². The summed E-state index contributed by atoms with van der Waals surface area (Å²) in [5.74, 6) is 0. The fourth-order valence-corrected chi connectivity index (χ4v) is 4.22. The second kappa shape index (κ2) is 4.22. The van der Waals surface area contributed by atoms with Crippen molar-refractivity contribution in [2.45, 2.75) is 31.3 Å². The number of aromatic nitrogens is 1. The van der Waals surface area contributed by atoms with Crippen molar-refractivity contribution in [2.24, 2.45) is 0 Å². The third kappa shape index (κ3) is 1.57. The van der Waals surface area contributed by atoms with E-state index in [4.69, 9.17) is 0 Å². The van der Waals surface area contributed by atoms with Gasteiger partial charge in [0, 0.05) is 35.3 Å². The first-order valence-electron chi connectivity index (χ1n) is 7.85. The Morgan fingerprint density at radius 3 is 2.62 bits per heavy atom. The molecule has 2 nitrogen and oxygen atoms in total. The molecule has 0 saturated carbocycles. The predicted molar refractivity (Wildman–Crippen MR) is 85.9 cm³/mol. The number of hydrogen-bond donors (Lipinski definition) is 1. The maximum Gasteiger partial charge on any atom is 0.0534 e. The number of fused-ring (bicyclic) bond motifs is 6. The molecule has 0 radical (unpaired) electrons. The maximum atomic E-state index is 3.79. The van der Waals surface area contributed by atoms with Crippen LogP contribution in [0.3, 0.4) is 0 Å². The maximum absolute atomic E-state index is 3.79. The molecule has 2 bridgehead atoms. The first-order chi connectivity index (χ1) is 10.4. The van der Waals surface area contributed by atoms with E-state index in [0.717, 1.165) is 6.42 Å². The molecule has 104 valence electrons. The Kier molecular flexibility index (Phi) is 2.33. The average molecular weight is 274 g/mol. The molecule has 21 heavy (non-hydrogen) atoms. The smallest absolute Gasteiger partial charge is 0.0534 e. The molecule has 2 aliphatic rings. The molecule has 3 aromatic rings. The molecule has 0 spiro atoms. The van der Waals surface area contributed by atoms with Gasteiger partial charge in [-0.3, -0.25) is 0 Å². The third-order valence-corrected chi connectivity index (χ3v) is 5.06. The van der Waals surface area contributed by atoms with Crippen molar-refractivity contribution >= 4 is 10.9 Å². The van der Waals surface area contributed by atoms with Gasteiger partial charge in [-0.25, -0.2) is 0 Å². The van der Waals surface area contributed by atoms with Crippen LogP contribution in [0.25, 0.3) is 16.6 Å². The second-order valence-electron chi connectivity index (χ2n) is 6.25. The Morgan fingerprint density at radius 2 is 1.71 bits per heavy atom. The molecule has 2 heteroatoms. The molecule has 1 fully saturated rings. The summed E-state index contributed by atoms with van der Waals surface area (Å²) in [5, 5.41) is 5.22. The van der Waals surface area contributed by atoms with Crippen molar-refractivity contribution in [3.05, 3.63) is 65.9 Å². The quantitative estimate of drug-likeness (QED) is 0.710. The van der Waals surface area contributed by atoms with Gasteiger partial charge in [-0.15, -0.1) is 0 Å². The second-order valence-corrected chi connectivity index (χ2v) is 6.25. The predicted octanol–water partition coefficient (Wildman–Crippen LogP) is 3.98. The van der Waals surface area contributed by atoms with E-state index >= 15 is 0 Å². The summed E-state index contributed by atoms with van der Waals surface area (Å²) in [7, 11) is 0. The molecule has 1 N–H and O–H groups in total. The monoisotopic (exact) mass is 274 g/mol. The van der Waals surface area contributed by atoms with Crippen molar-refractivity contribution in [3.63, 3.8) is 0 Å². The van der Waals surface area contributed by atoms with Gasteiger partial charge in [0.05, 0.1) is 5.52 Å². The van der Waals surface area contributed by atoms with Gasteiger partial charge in [-0.05, 0) is 36.6 Å². The molecule has 2 aromatic carbocycles. The van der Waals surface area contributed by atoms with Crippen LogP contribution < -0.4 is 5.32 Å². The van der Waals surface area contributed by atoms with Gasteiger partial charge in [0.1, 0.15) is 0 Å². The summed E-state index contributed by atoms with van der Waals surface area (Å²) in [5.41, 5.74) is 5.70. The van der Waals surface area contributed by atoms with E-state index in [0.29, 0.717) is 12.1 Å². The number of nitrogens with one attached hydrogen (secondary N) is 1. The normalized spacial score (nSPS) is 23.4. The number of nitrogens with zero attached hydrogens (tertiary/aromatic N) is 1. The van der Waals surface area contributed by atoms with Crippen LogP contribution in [0.1, 0.15) is 30.1 Å². The van der Waals surface area contributed by atoms with Crippen molar-refractivity contribution in [3.8, 4) is 5.69 Å². The summed E-state index contributed by atoms with van der Waals surface area (Å²) < 4.78 is 2.48. The average Bonchev–Trinajstić information content (AvgIpc) is 3.07. The van der Waals surface area contributed by atoms with Crippen LogP contribution in [-0.4, -0.2) is 10.6 Å². The Bertz CT molecular complexity index is 816. The van der Waals surface area contributed by atoms with Gasteiger partial charge in [0.2, 0.25) is 0 Å². The Hall–Kier alpha value is -2.06. The van der Waals surface area contributed by atoms with Crippen LogP contribution in [0.5, 0.6) is 0 Å². The molecule has 2 atom stereocenters. The molecule has 3 heterocycles. The van der Waals surface area contributed by atoms with Crippen molar-refractivity contribution in [2.75, 3.05) is 0 Å². The fourth-order valence-electron chi connectivity index (χ4n) is 4.22. The van der Waals surface area contributed by atoms with Crippen LogP contribution in [0, 0.1) is 0 Å². The Balaban J connectivity index is 1.88. The van der Waals surface area contributed by atoms with Crippen LogP contribution in [-0.2, 0) is 6.42 Å². The summed E-state index contributed by atoms with van der Waals surface area (Å²) in [6, 6.07) is 20.9. The minimum atomic E-state index is 0.550. The van der Waals surface area contributed by atoms with E-state index in [1.54, 1.807) is 5.56 Å². The van der Waals surface area contributed by atoms with Gasteiger partial charge < -0.3 is 9.88 Å². The number of hydrogen-bond acceptors (Lipinski definition) is 1. The molecule has 0 aliphatic carbocycles. The topological polar surface area (TPSA) is 17.0 Å². The SMILES string of the molecule is c1ccc(-n2c3c(c4ccccc42)[C@@H]2CC[C@H](C3)N2)cc1. The summed E-state index contributed by atoms with van der Waals surface area (Å²) >= 11 is 0. The zero-order valence-corrected chi connectivity index (χ0v) is 11.9. The molecule has 0 amide bonds.